The second-order valence-electron chi connectivity index (χ2n) is 4.54. The van der Waals surface area contributed by atoms with Crippen molar-refractivity contribution in [2.24, 2.45) is 0 Å². The Morgan fingerprint density at radius 1 is 1.29 bits per heavy atom. The molecule has 0 aromatic heterocycles. The average molecular weight is 257 g/mol. The molecule has 0 radical (unpaired) electrons. The molecule has 0 aliphatic rings. The standard InChI is InChI=1S/C12H17BrO/c1-8-5-9(2)11(13)10(6-8)7-12(3,4)14/h5-6,14H,7H2,1-4H3. The SMILES string of the molecule is Cc1cc(C)c(Br)c(CC(C)(C)O)c1. The molecule has 0 saturated heterocycles. The van der Waals surface area contributed by atoms with E-state index in [0.717, 1.165) is 4.47 Å². The van der Waals surface area contributed by atoms with E-state index in [1.807, 2.05) is 13.8 Å². The number of halogens is 1. The molecule has 14 heavy (non-hydrogen) atoms. The van der Waals surface area contributed by atoms with Gasteiger partial charge in [0, 0.05) is 10.9 Å². The zero-order valence-corrected chi connectivity index (χ0v) is 10.8. The summed E-state index contributed by atoms with van der Waals surface area (Å²) in [6, 6.07) is 4.26. The van der Waals surface area contributed by atoms with Crippen LogP contribution in [0.2, 0.25) is 0 Å². The molecule has 1 aromatic rings. The van der Waals surface area contributed by atoms with Gasteiger partial charge in [0.1, 0.15) is 0 Å². The minimum absolute atomic E-state index is 0.650. The van der Waals surface area contributed by atoms with Crippen LogP contribution in [0.5, 0.6) is 0 Å². The maximum absolute atomic E-state index is 9.76. The van der Waals surface area contributed by atoms with E-state index in [-0.39, 0.29) is 0 Å². The van der Waals surface area contributed by atoms with Crippen molar-refractivity contribution in [2.75, 3.05) is 0 Å². The van der Waals surface area contributed by atoms with Crippen LogP contribution < -0.4 is 0 Å². The molecule has 1 N–H and O–H groups in total. The molecule has 0 aliphatic carbocycles. The summed E-state index contributed by atoms with van der Waals surface area (Å²) in [5.41, 5.74) is 2.99. The summed E-state index contributed by atoms with van der Waals surface area (Å²) in [5.74, 6) is 0. The van der Waals surface area contributed by atoms with E-state index >= 15 is 0 Å². The van der Waals surface area contributed by atoms with Crippen LogP contribution in [0.4, 0.5) is 0 Å². The fourth-order valence-electron chi connectivity index (χ4n) is 1.63. The Morgan fingerprint density at radius 3 is 2.36 bits per heavy atom. The van der Waals surface area contributed by atoms with Crippen molar-refractivity contribution < 1.29 is 5.11 Å². The molecule has 1 rings (SSSR count). The van der Waals surface area contributed by atoms with Gasteiger partial charge in [-0.3, -0.25) is 0 Å². The van der Waals surface area contributed by atoms with E-state index in [4.69, 9.17) is 0 Å². The summed E-state index contributed by atoms with van der Waals surface area (Å²) < 4.78 is 1.12. The largest absolute Gasteiger partial charge is 0.390 e. The Bertz CT molecular complexity index is 337. The van der Waals surface area contributed by atoms with Gasteiger partial charge in [-0.15, -0.1) is 0 Å². The molecule has 0 unspecified atom stereocenters. The highest BCUT2D eigenvalue weighted by atomic mass is 79.9. The van der Waals surface area contributed by atoms with Gasteiger partial charge in [0.2, 0.25) is 0 Å². The lowest BCUT2D eigenvalue weighted by Gasteiger charge is -2.19. The van der Waals surface area contributed by atoms with Gasteiger partial charge in [-0.1, -0.05) is 33.6 Å². The highest BCUT2D eigenvalue weighted by molar-refractivity contribution is 9.10. The first-order valence-corrected chi connectivity index (χ1v) is 5.57. The van der Waals surface area contributed by atoms with Gasteiger partial charge in [0.05, 0.1) is 5.60 Å². The molecule has 1 aromatic carbocycles. The Hall–Kier alpha value is -0.340. The summed E-state index contributed by atoms with van der Waals surface area (Å²) in [4.78, 5) is 0. The van der Waals surface area contributed by atoms with Crippen LogP contribution in [0.25, 0.3) is 0 Å². The molecular weight excluding hydrogens is 240 g/mol. The van der Waals surface area contributed by atoms with E-state index in [9.17, 15) is 5.11 Å². The normalized spacial score (nSPS) is 11.9. The number of aryl methyl sites for hydroxylation is 2. The predicted molar refractivity (Wildman–Crippen MR) is 63.6 cm³/mol. The summed E-state index contributed by atoms with van der Waals surface area (Å²) in [6.07, 6.45) is 0.677. The summed E-state index contributed by atoms with van der Waals surface area (Å²) in [7, 11) is 0. The first kappa shape index (κ1) is 11.7. The van der Waals surface area contributed by atoms with Crippen molar-refractivity contribution in [3.05, 3.63) is 33.3 Å². The second kappa shape index (κ2) is 4.03. The number of aliphatic hydroxyl groups is 1. The minimum Gasteiger partial charge on any atom is -0.390 e. The Labute approximate surface area is 94.3 Å². The molecule has 1 nitrogen and oxygen atoms in total. The average Bonchev–Trinajstić information content (AvgIpc) is 1.96. The van der Waals surface area contributed by atoms with E-state index in [1.165, 1.54) is 16.7 Å². The predicted octanol–water partition coefficient (Wildman–Crippen LogP) is 3.38. The Balaban J connectivity index is 3.09. The third-order valence-electron chi connectivity index (χ3n) is 2.10. The van der Waals surface area contributed by atoms with Gasteiger partial charge in [0.25, 0.3) is 0 Å². The molecule has 0 amide bonds. The van der Waals surface area contributed by atoms with Gasteiger partial charge in [-0.05, 0) is 38.8 Å². The minimum atomic E-state index is -0.650. The molecule has 0 fully saturated rings. The fraction of sp³-hybridized carbons (Fsp3) is 0.500. The van der Waals surface area contributed by atoms with Crippen molar-refractivity contribution in [1.29, 1.82) is 0 Å². The van der Waals surface area contributed by atoms with Crippen molar-refractivity contribution in [2.45, 2.75) is 39.7 Å². The summed E-state index contributed by atoms with van der Waals surface area (Å²) >= 11 is 3.56. The molecule has 0 heterocycles. The van der Waals surface area contributed by atoms with E-state index in [1.54, 1.807) is 0 Å². The summed E-state index contributed by atoms with van der Waals surface area (Å²) in [5, 5.41) is 9.76. The molecule has 2 heteroatoms. The monoisotopic (exact) mass is 256 g/mol. The molecule has 0 saturated carbocycles. The van der Waals surface area contributed by atoms with Crippen LogP contribution in [0.15, 0.2) is 16.6 Å². The molecule has 0 atom stereocenters. The lowest BCUT2D eigenvalue weighted by atomic mass is 9.96. The van der Waals surface area contributed by atoms with Gasteiger partial charge in [0.15, 0.2) is 0 Å². The van der Waals surface area contributed by atoms with E-state index in [0.29, 0.717) is 6.42 Å². The smallest absolute Gasteiger partial charge is 0.0632 e. The molecule has 0 bridgehead atoms. The maximum atomic E-state index is 9.76. The molecular formula is C12H17BrO. The Kier molecular flexibility index (Phi) is 3.38. The number of hydrogen-bond acceptors (Lipinski definition) is 1. The van der Waals surface area contributed by atoms with Crippen LogP contribution in [-0.4, -0.2) is 10.7 Å². The van der Waals surface area contributed by atoms with Crippen molar-refractivity contribution in [1.82, 2.24) is 0 Å². The van der Waals surface area contributed by atoms with Gasteiger partial charge >= 0.3 is 0 Å². The van der Waals surface area contributed by atoms with Crippen LogP contribution in [0.3, 0.4) is 0 Å². The highest BCUT2D eigenvalue weighted by Crippen LogP contribution is 2.26. The summed E-state index contributed by atoms with van der Waals surface area (Å²) in [6.45, 7) is 7.81. The Morgan fingerprint density at radius 2 is 1.86 bits per heavy atom. The molecule has 0 spiro atoms. The molecule has 0 aliphatic heterocycles. The second-order valence-corrected chi connectivity index (χ2v) is 5.34. The zero-order valence-electron chi connectivity index (χ0n) is 9.19. The maximum Gasteiger partial charge on any atom is 0.0632 e. The van der Waals surface area contributed by atoms with Crippen LogP contribution in [-0.2, 0) is 6.42 Å². The number of benzene rings is 1. The quantitative estimate of drug-likeness (QED) is 0.861. The van der Waals surface area contributed by atoms with Crippen molar-refractivity contribution in [3.8, 4) is 0 Å². The third-order valence-corrected chi connectivity index (χ3v) is 3.23. The lowest BCUT2D eigenvalue weighted by molar-refractivity contribution is 0.0808. The number of hydrogen-bond donors (Lipinski definition) is 1. The highest BCUT2D eigenvalue weighted by Gasteiger charge is 2.16. The van der Waals surface area contributed by atoms with Crippen LogP contribution >= 0.6 is 15.9 Å². The van der Waals surface area contributed by atoms with Crippen LogP contribution in [0, 0.1) is 13.8 Å². The van der Waals surface area contributed by atoms with Gasteiger partial charge < -0.3 is 5.11 Å². The van der Waals surface area contributed by atoms with Gasteiger partial charge in [-0.2, -0.15) is 0 Å². The topological polar surface area (TPSA) is 20.2 Å². The first-order chi connectivity index (χ1) is 6.29. The fourth-order valence-corrected chi connectivity index (χ4v) is 2.00. The van der Waals surface area contributed by atoms with E-state index < -0.39 is 5.60 Å². The van der Waals surface area contributed by atoms with Gasteiger partial charge in [-0.25, -0.2) is 0 Å². The zero-order chi connectivity index (χ0) is 10.9. The molecule has 78 valence electrons. The first-order valence-electron chi connectivity index (χ1n) is 4.77. The van der Waals surface area contributed by atoms with Crippen molar-refractivity contribution >= 4 is 15.9 Å². The van der Waals surface area contributed by atoms with Crippen LogP contribution in [0.1, 0.15) is 30.5 Å². The number of rotatable bonds is 2. The van der Waals surface area contributed by atoms with E-state index in [2.05, 4.69) is 41.9 Å². The third kappa shape index (κ3) is 3.10. The van der Waals surface area contributed by atoms with Crippen molar-refractivity contribution in [3.63, 3.8) is 0 Å². The lowest BCUT2D eigenvalue weighted by Crippen LogP contribution is -2.22.